The summed E-state index contributed by atoms with van der Waals surface area (Å²) in [6.07, 6.45) is 2.49. The van der Waals surface area contributed by atoms with Crippen molar-refractivity contribution in [3.8, 4) is 0 Å². The van der Waals surface area contributed by atoms with Gasteiger partial charge in [0.1, 0.15) is 5.82 Å². The maximum absolute atomic E-state index is 12.0. The van der Waals surface area contributed by atoms with Gasteiger partial charge in [0.25, 0.3) is 5.91 Å². The van der Waals surface area contributed by atoms with Gasteiger partial charge in [0.15, 0.2) is 0 Å². The quantitative estimate of drug-likeness (QED) is 0.812. The number of anilines is 1. The van der Waals surface area contributed by atoms with Crippen LogP contribution in [0.25, 0.3) is 0 Å². The maximum Gasteiger partial charge on any atom is 0.253 e. The lowest BCUT2D eigenvalue weighted by Gasteiger charge is -2.23. The number of rotatable bonds is 7. The van der Waals surface area contributed by atoms with Gasteiger partial charge in [-0.15, -0.1) is 0 Å². The SMILES string of the molecule is CCCNc1ncc(C(=O)NCC(C)(C)OC)cc1Cl. The minimum Gasteiger partial charge on any atom is -0.377 e. The molecule has 0 aromatic carbocycles. The third-order valence-electron chi connectivity index (χ3n) is 2.87. The summed E-state index contributed by atoms with van der Waals surface area (Å²) in [7, 11) is 1.61. The second kappa shape index (κ2) is 7.45. The second-order valence-electron chi connectivity index (χ2n) is 5.13. The highest BCUT2D eigenvalue weighted by Crippen LogP contribution is 2.20. The van der Waals surface area contributed by atoms with E-state index in [2.05, 4.69) is 22.5 Å². The Bertz CT molecular complexity index is 464. The number of aromatic nitrogens is 1. The van der Waals surface area contributed by atoms with Gasteiger partial charge in [0.2, 0.25) is 0 Å². The molecular formula is C14H22ClN3O2. The van der Waals surface area contributed by atoms with Gasteiger partial charge in [-0.25, -0.2) is 4.98 Å². The molecule has 1 aromatic heterocycles. The van der Waals surface area contributed by atoms with E-state index in [1.807, 2.05) is 13.8 Å². The van der Waals surface area contributed by atoms with Crippen molar-refractivity contribution in [1.29, 1.82) is 0 Å². The standard InChI is InChI=1S/C14H22ClN3O2/c1-5-6-16-12-11(15)7-10(8-17-12)13(19)18-9-14(2,3)20-4/h7-8H,5-6,9H2,1-4H3,(H,16,17)(H,18,19). The van der Waals surface area contributed by atoms with Crippen molar-refractivity contribution < 1.29 is 9.53 Å². The number of carbonyl (C=O) groups excluding carboxylic acids is 1. The fourth-order valence-electron chi connectivity index (χ4n) is 1.40. The van der Waals surface area contributed by atoms with Crippen LogP contribution in [0.3, 0.4) is 0 Å². The van der Waals surface area contributed by atoms with Crippen LogP contribution < -0.4 is 10.6 Å². The largest absolute Gasteiger partial charge is 0.377 e. The average molecular weight is 300 g/mol. The monoisotopic (exact) mass is 299 g/mol. The van der Waals surface area contributed by atoms with E-state index in [1.54, 1.807) is 13.2 Å². The average Bonchev–Trinajstić information content (AvgIpc) is 2.43. The zero-order valence-corrected chi connectivity index (χ0v) is 13.2. The van der Waals surface area contributed by atoms with Gasteiger partial charge in [-0.05, 0) is 26.3 Å². The lowest BCUT2D eigenvalue weighted by molar-refractivity contribution is 0.0228. The minimum atomic E-state index is -0.407. The first-order valence-electron chi connectivity index (χ1n) is 6.62. The first-order chi connectivity index (χ1) is 9.39. The van der Waals surface area contributed by atoms with Crippen molar-refractivity contribution in [1.82, 2.24) is 10.3 Å². The molecular weight excluding hydrogens is 278 g/mol. The van der Waals surface area contributed by atoms with Crippen LogP contribution in [-0.2, 0) is 4.74 Å². The van der Waals surface area contributed by atoms with Gasteiger partial charge in [0, 0.05) is 26.4 Å². The third-order valence-corrected chi connectivity index (χ3v) is 3.16. The number of halogens is 1. The first kappa shape index (κ1) is 16.7. The Morgan fingerprint density at radius 2 is 2.20 bits per heavy atom. The molecule has 20 heavy (non-hydrogen) atoms. The van der Waals surface area contributed by atoms with Crippen molar-refractivity contribution in [2.24, 2.45) is 0 Å². The number of ether oxygens (including phenoxy) is 1. The van der Waals surface area contributed by atoms with Crippen LogP contribution in [0.4, 0.5) is 5.82 Å². The van der Waals surface area contributed by atoms with Crippen LogP contribution in [-0.4, -0.2) is 36.7 Å². The van der Waals surface area contributed by atoms with Gasteiger partial charge >= 0.3 is 0 Å². The van der Waals surface area contributed by atoms with Gasteiger partial charge < -0.3 is 15.4 Å². The minimum absolute atomic E-state index is 0.216. The van der Waals surface area contributed by atoms with E-state index in [4.69, 9.17) is 16.3 Å². The molecule has 1 heterocycles. The number of hydrogen-bond acceptors (Lipinski definition) is 4. The van der Waals surface area contributed by atoms with E-state index < -0.39 is 5.60 Å². The number of hydrogen-bond donors (Lipinski definition) is 2. The Balaban J connectivity index is 2.67. The van der Waals surface area contributed by atoms with Crippen LogP contribution in [0.15, 0.2) is 12.3 Å². The summed E-state index contributed by atoms with van der Waals surface area (Å²) in [4.78, 5) is 16.2. The summed E-state index contributed by atoms with van der Waals surface area (Å²) in [6.45, 7) is 7.06. The molecule has 5 nitrogen and oxygen atoms in total. The second-order valence-corrected chi connectivity index (χ2v) is 5.53. The summed E-state index contributed by atoms with van der Waals surface area (Å²) >= 11 is 6.10. The molecule has 1 rings (SSSR count). The Kier molecular flexibility index (Phi) is 6.23. The maximum atomic E-state index is 12.0. The summed E-state index contributed by atoms with van der Waals surface area (Å²) in [5.41, 5.74) is 0.0270. The molecule has 0 spiro atoms. The topological polar surface area (TPSA) is 63.2 Å². The third kappa shape index (κ3) is 4.98. The summed E-state index contributed by atoms with van der Waals surface area (Å²) in [5.74, 6) is 0.383. The lowest BCUT2D eigenvalue weighted by atomic mass is 10.1. The van der Waals surface area contributed by atoms with Gasteiger partial charge in [0.05, 0.1) is 16.2 Å². The summed E-state index contributed by atoms with van der Waals surface area (Å²) in [6, 6.07) is 1.61. The highest BCUT2D eigenvalue weighted by atomic mass is 35.5. The van der Waals surface area contributed by atoms with E-state index in [0.717, 1.165) is 13.0 Å². The molecule has 6 heteroatoms. The highest BCUT2D eigenvalue weighted by molar-refractivity contribution is 6.33. The van der Waals surface area contributed by atoms with E-state index >= 15 is 0 Å². The predicted octanol–water partition coefficient (Wildman–Crippen LogP) is 2.71. The van der Waals surface area contributed by atoms with Gasteiger partial charge in [-0.1, -0.05) is 18.5 Å². The van der Waals surface area contributed by atoms with E-state index in [1.165, 1.54) is 6.20 Å². The molecule has 0 fully saturated rings. The van der Waals surface area contributed by atoms with E-state index in [9.17, 15) is 4.79 Å². The van der Waals surface area contributed by atoms with Gasteiger partial charge in [-0.2, -0.15) is 0 Å². The van der Waals surface area contributed by atoms with E-state index in [-0.39, 0.29) is 5.91 Å². The smallest absolute Gasteiger partial charge is 0.253 e. The Morgan fingerprint density at radius 3 is 2.75 bits per heavy atom. The number of methoxy groups -OCH3 is 1. The molecule has 0 unspecified atom stereocenters. The molecule has 0 atom stereocenters. The Labute approximate surface area is 125 Å². The van der Waals surface area contributed by atoms with Crippen LogP contribution in [0.5, 0.6) is 0 Å². The number of nitrogens with zero attached hydrogens (tertiary/aromatic N) is 1. The van der Waals surface area contributed by atoms with Crippen LogP contribution in [0, 0.1) is 0 Å². The molecule has 0 saturated heterocycles. The molecule has 112 valence electrons. The lowest BCUT2D eigenvalue weighted by Crippen LogP contribution is -2.39. The fraction of sp³-hybridized carbons (Fsp3) is 0.571. The predicted molar refractivity (Wildman–Crippen MR) is 81.4 cm³/mol. The van der Waals surface area contributed by atoms with Gasteiger partial charge in [-0.3, -0.25) is 4.79 Å². The summed E-state index contributed by atoms with van der Waals surface area (Å²) in [5, 5.41) is 6.34. The molecule has 0 bridgehead atoms. The highest BCUT2D eigenvalue weighted by Gasteiger charge is 2.18. The molecule has 0 saturated carbocycles. The van der Waals surface area contributed by atoms with Crippen molar-refractivity contribution >= 4 is 23.3 Å². The van der Waals surface area contributed by atoms with Crippen molar-refractivity contribution in [2.45, 2.75) is 32.8 Å². The molecule has 2 N–H and O–H groups in total. The summed E-state index contributed by atoms with van der Waals surface area (Å²) < 4.78 is 5.24. The molecule has 1 amide bonds. The molecule has 0 aliphatic heterocycles. The normalized spacial score (nSPS) is 11.2. The van der Waals surface area contributed by atoms with Crippen LogP contribution in [0.1, 0.15) is 37.6 Å². The number of pyridine rings is 1. The Morgan fingerprint density at radius 1 is 1.50 bits per heavy atom. The fourth-order valence-corrected chi connectivity index (χ4v) is 1.64. The first-order valence-corrected chi connectivity index (χ1v) is 7.00. The van der Waals surface area contributed by atoms with Crippen LogP contribution >= 0.6 is 11.6 Å². The van der Waals surface area contributed by atoms with Crippen molar-refractivity contribution in [3.63, 3.8) is 0 Å². The molecule has 0 radical (unpaired) electrons. The number of nitrogens with one attached hydrogen (secondary N) is 2. The Hall–Kier alpha value is -1.33. The zero-order valence-electron chi connectivity index (χ0n) is 12.4. The zero-order chi connectivity index (χ0) is 15.2. The van der Waals surface area contributed by atoms with Crippen molar-refractivity contribution in [3.05, 3.63) is 22.8 Å². The van der Waals surface area contributed by atoms with Crippen LogP contribution in [0.2, 0.25) is 5.02 Å². The molecule has 1 aromatic rings. The molecule has 0 aliphatic carbocycles. The molecule has 0 aliphatic rings. The number of carbonyl (C=O) groups is 1. The number of amides is 1. The van der Waals surface area contributed by atoms with E-state index in [0.29, 0.717) is 22.9 Å². The van der Waals surface area contributed by atoms with Crippen molar-refractivity contribution in [2.75, 3.05) is 25.5 Å².